The molecule has 0 amide bonds. The number of aliphatic hydroxyl groups is 1. The van der Waals surface area contributed by atoms with Gasteiger partial charge in [0.1, 0.15) is 5.76 Å². The Labute approximate surface area is 87.5 Å². The van der Waals surface area contributed by atoms with Crippen molar-refractivity contribution < 1.29 is 14.6 Å². The number of rotatable bonds is 3. The summed E-state index contributed by atoms with van der Waals surface area (Å²) in [5, 5.41) is 9.22. The molecule has 4 heteroatoms. The highest BCUT2D eigenvalue weighted by Crippen LogP contribution is 2.25. The van der Waals surface area contributed by atoms with Crippen LogP contribution in [0.1, 0.15) is 15.9 Å². The van der Waals surface area contributed by atoms with Crippen LogP contribution in [0.15, 0.2) is 29.8 Å². The molecular weight excluding hydrogens is 194 g/mol. The van der Waals surface area contributed by atoms with Gasteiger partial charge >= 0.3 is 5.97 Å². The molecule has 1 aromatic rings. The van der Waals surface area contributed by atoms with E-state index in [1.54, 1.807) is 6.07 Å². The maximum absolute atomic E-state index is 11.2. The van der Waals surface area contributed by atoms with Gasteiger partial charge in [-0.3, -0.25) is 4.99 Å². The molecule has 1 rings (SSSR count). The Balaban J connectivity index is 3.24. The van der Waals surface area contributed by atoms with Crippen LogP contribution in [0.2, 0.25) is 0 Å². The highest BCUT2D eigenvalue weighted by Gasteiger charge is 2.10. The summed E-state index contributed by atoms with van der Waals surface area (Å²) >= 11 is 0. The molecule has 78 valence electrons. The monoisotopic (exact) mass is 205 g/mol. The normalized spacial score (nSPS) is 9.40. The van der Waals surface area contributed by atoms with Gasteiger partial charge in [-0.2, -0.15) is 0 Å². The number of hydrogen-bond donors (Lipinski definition) is 1. The Hall–Kier alpha value is -2.10. The molecule has 0 atom stereocenters. The summed E-state index contributed by atoms with van der Waals surface area (Å²) in [7, 11) is 1.29. The van der Waals surface area contributed by atoms with Gasteiger partial charge in [-0.25, -0.2) is 4.79 Å². The number of methoxy groups -OCH3 is 1. The summed E-state index contributed by atoms with van der Waals surface area (Å²) < 4.78 is 4.55. The lowest BCUT2D eigenvalue weighted by Crippen LogP contribution is -2.01. The number of carbonyl (C=O) groups is 1. The molecule has 0 aromatic heterocycles. The number of aliphatic imine (C=N–C) groups is 1. The van der Waals surface area contributed by atoms with Crippen LogP contribution in [-0.2, 0) is 4.74 Å². The molecule has 0 radical (unpaired) electrons. The molecule has 0 unspecified atom stereocenters. The molecule has 0 heterocycles. The van der Waals surface area contributed by atoms with Gasteiger partial charge in [-0.1, -0.05) is 6.58 Å². The SMILES string of the molecule is C=Nc1cc(C(=O)OC)ccc1C(=C)O. The molecule has 0 bridgehead atoms. The number of esters is 1. The van der Waals surface area contributed by atoms with E-state index in [9.17, 15) is 9.90 Å². The quantitative estimate of drug-likeness (QED) is 0.468. The van der Waals surface area contributed by atoms with Crippen LogP contribution in [0.5, 0.6) is 0 Å². The largest absolute Gasteiger partial charge is 0.508 e. The van der Waals surface area contributed by atoms with Crippen molar-refractivity contribution in [3.63, 3.8) is 0 Å². The maximum atomic E-state index is 11.2. The van der Waals surface area contributed by atoms with Crippen LogP contribution in [0.3, 0.4) is 0 Å². The van der Waals surface area contributed by atoms with Crippen molar-refractivity contribution in [2.24, 2.45) is 4.99 Å². The molecule has 1 aromatic carbocycles. The van der Waals surface area contributed by atoms with E-state index in [1.807, 2.05) is 0 Å². The standard InChI is InChI=1S/C11H11NO3/c1-7(13)9-5-4-8(11(14)15-3)6-10(9)12-2/h4-6,13H,1-2H2,3H3. The Kier molecular flexibility index (Phi) is 3.23. The summed E-state index contributed by atoms with van der Waals surface area (Å²) in [4.78, 5) is 14.9. The van der Waals surface area contributed by atoms with Gasteiger partial charge in [0.2, 0.25) is 0 Å². The first-order chi connectivity index (χ1) is 7.10. The highest BCUT2D eigenvalue weighted by atomic mass is 16.5. The number of hydrogen-bond acceptors (Lipinski definition) is 4. The summed E-state index contributed by atoms with van der Waals surface area (Å²) in [5.41, 5.74) is 1.19. The van der Waals surface area contributed by atoms with Crippen LogP contribution >= 0.6 is 0 Å². The van der Waals surface area contributed by atoms with E-state index >= 15 is 0 Å². The third-order valence-electron chi connectivity index (χ3n) is 1.90. The second kappa shape index (κ2) is 4.41. The summed E-state index contributed by atoms with van der Waals surface area (Å²) in [6, 6.07) is 4.55. The lowest BCUT2D eigenvalue weighted by molar-refractivity contribution is 0.0601. The van der Waals surface area contributed by atoms with Crippen LogP contribution in [0.25, 0.3) is 5.76 Å². The smallest absolute Gasteiger partial charge is 0.337 e. The molecule has 4 nitrogen and oxygen atoms in total. The molecule has 0 spiro atoms. The minimum absolute atomic E-state index is 0.117. The van der Waals surface area contributed by atoms with Crippen molar-refractivity contribution in [2.45, 2.75) is 0 Å². The average Bonchev–Trinajstić information content (AvgIpc) is 2.26. The lowest BCUT2D eigenvalue weighted by Gasteiger charge is -2.05. The molecule has 0 aliphatic heterocycles. The van der Waals surface area contributed by atoms with E-state index in [0.29, 0.717) is 16.8 Å². The zero-order chi connectivity index (χ0) is 11.4. The summed E-state index contributed by atoms with van der Waals surface area (Å²) in [5.74, 6) is -0.580. The van der Waals surface area contributed by atoms with E-state index in [1.165, 1.54) is 19.2 Å². The number of benzene rings is 1. The van der Waals surface area contributed by atoms with Gasteiger partial charge in [0.15, 0.2) is 0 Å². The second-order valence-corrected chi connectivity index (χ2v) is 2.83. The van der Waals surface area contributed by atoms with Crippen molar-refractivity contribution in [1.29, 1.82) is 0 Å². The predicted octanol–water partition coefficient (Wildman–Crippen LogP) is 2.33. The fraction of sp³-hybridized carbons (Fsp3) is 0.0909. The molecular formula is C11H11NO3. The zero-order valence-corrected chi connectivity index (χ0v) is 8.36. The zero-order valence-electron chi connectivity index (χ0n) is 8.36. The average molecular weight is 205 g/mol. The summed E-state index contributed by atoms with van der Waals surface area (Å²) in [6.07, 6.45) is 0. The number of nitrogens with zero attached hydrogens (tertiary/aromatic N) is 1. The third-order valence-corrected chi connectivity index (χ3v) is 1.90. The van der Waals surface area contributed by atoms with Crippen molar-refractivity contribution in [2.75, 3.05) is 7.11 Å². The molecule has 0 aliphatic rings. The van der Waals surface area contributed by atoms with E-state index < -0.39 is 5.97 Å². The van der Waals surface area contributed by atoms with Gasteiger partial charge in [0.25, 0.3) is 0 Å². The minimum atomic E-state index is -0.463. The number of carbonyl (C=O) groups excluding carboxylic acids is 1. The van der Waals surface area contributed by atoms with E-state index in [4.69, 9.17) is 0 Å². The summed E-state index contributed by atoms with van der Waals surface area (Å²) in [6.45, 7) is 6.73. The molecule has 15 heavy (non-hydrogen) atoms. The van der Waals surface area contributed by atoms with Gasteiger partial charge in [-0.05, 0) is 24.9 Å². The van der Waals surface area contributed by atoms with Crippen molar-refractivity contribution >= 4 is 24.1 Å². The molecule has 0 saturated heterocycles. The third kappa shape index (κ3) is 2.22. The highest BCUT2D eigenvalue weighted by molar-refractivity contribution is 5.91. The lowest BCUT2D eigenvalue weighted by atomic mass is 10.1. The van der Waals surface area contributed by atoms with Gasteiger partial charge in [-0.15, -0.1) is 0 Å². The fourth-order valence-electron chi connectivity index (χ4n) is 1.15. The Morgan fingerprint density at radius 2 is 2.20 bits per heavy atom. The van der Waals surface area contributed by atoms with Crippen molar-refractivity contribution in [3.05, 3.63) is 35.9 Å². The van der Waals surface area contributed by atoms with E-state index in [0.717, 1.165) is 0 Å². The minimum Gasteiger partial charge on any atom is -0.508 e. The first kappa shape index (κ1) is 11.0. The topological polar surface area (TPSA) is 58.9 Å². The van der Waals surface area contributed by atoms with Crippen LogP contribution < -0.4 is 0 Å². The second-order valence-electron chi connectivity index (χ2n) is 2.83. The fourth-order valence-corrected chi connectivity index (χ4v) is 1.15. The van der Waals surface area contributed by atoms with Crippen LogP contribution in [-0.4, -0.2) is 24.9 Å². The predicted molar refractivity (Wildman–Crippen MR) is 58.7 cm³/mol. The van der Waals surface area contributed by atoms with E-state index in [2.05, 4.69) is 23.0 Å². The van der Waals surface area contributed by atoms with Gasteiger partial charge in [0, 0.05) is 5.56 Å². The number of ether oxygens (including phenoxy) is 1. The molecule has 0 saturated carbocycles. The Morgan fingerprint density at radius 3 is 2.67 bits per heavy atom. The number of aliphatic hydroxyl groups excluding tert-OH is 1. The van der Waals surface area contributed by atoms with Crippen LogP contribution in [0.4, 0.5) is 5.69 Å². The van der Waals surface area contributed by atoms with Crippen LogP contribution in [0, 0.1) is 0 Å². The maximum Gasteiger partial charge on any atom is 0.337 e. The Morgan fingerprint density at radius 1 is 1.53 bits per heavy atom. The molecule has 1 N–H and O–H groups in total. The van der Waals surface area contributed by atoms with Crippen molar-refractivity contribution in [1.82, 2.24) is 0 Å². The molecule has 0 fully saturated rings. The van der Waals surface area contributed by atoms with Gasteiger partial charge in [0.05, 0.1) is 18.4 Å². The van der Waals surface area contributed by atoms with E-state index in [-0.39, 0.29) is 5.76 Å². The van der Waals surface area contributed by atoms with Gasteiger partial charge < -0.3 is 9.84 Å². The first-order valence-electron chi connectivity index (χ1n) is 4.17. The first-order valence-corrected chi connectivity index (χ1v) is 4.17. The van der Waals surface area contributed by atoms with Crippen molar-refractivity contribution in [3.8, 4) is 0 Å². The Bertz CT molecular complexity index is 424. The molecule has 0 aliphatic carbocycles.